The first-order valence-electron chi connectivity index (χ1n) is 9.61. The molecule has 0 saturated carbocycles. The molecule has 0 unspecified atom stereocenters. The van der Waals surface area contributed by atoms with Gasteiger partial charge in [0.15, 0.2) is 11.5 Å². The fourth-order valence-electron chi connectivity index (χ4n) is 1.79. The van der Waals surface area contributed by atoms with Crippen LogP contribution in [0.5, 0.6) is 17.2 Å². The molecule has 106 valence electrons. The van der Waals surface area contributed by atoms with Crippen molar-refractivity contribution in [1.29, 1.82) is 0 Å². The number of nitrogens with one attached hydrogen (secondary N) is 1. The van der Waals surface area contributed by atoms with Crippen LogP contribution in [0.25, 0.3) is 0 Å². The van der Waals surface area contributed by atoms with Gasteiger partial charge in [0, 0.05) is 49.1 Å². The van der Waals surface area contributed by atoms with Gasteiger partial charge in [0.1, 0.15) is 0 Å². The monoisotopic (exact) mass is 274 g/mol. The molecule has 0 radical (unpaired) electrons. The highest BCUT2D eigenvalue weighted by atomic mass is 16.5. The van der Waals surface area contributed by atoms with Crippen molar-refractivity contribution in [3.63, 3.8) is 0 Å². The lowest BCUT2D eigenvalue weighted by Crippen LogP contribution is -2.42. The number of benzene rings is 1. The van der Waals surface area contributed by atoms with Crippen molar-refractivity contribution in [3.05, 3.63) is 17.7 Å². The molecule has 0 spiro atoms. The van der Waals surface area contributed by atoms with E-state index in [4.69, 9.17) is 25.2 Å². The van der Waals surface area contributed by atoms with E-state index in [0.29, 0.717) is 10.6 Å². The van der Waals surface area contributed by atoms with Gasteiger partial charge in [0.2, 0.25) is 5.75 Å². The van der Waals surface area contributed by atoms with Gasteiger partial charge in [-0.15, -0.1) is 0 Å². The summed E-state index contributed by atoms with van der Waals surface area (Å²) >= 11 is 0. The van der Waals surface area contributed by atoms with Crippen LogP contribution >= 0.6 is 0 Å². The lowest BCUT2D eigenvalue weighted by molar-refractivity contribution is 0.228. The van der Waals surface area contributed by atoms with Crippen molar-refractivity contribution in [3.8, 4) is 17.2 Å². The van der Waals surface area contributed by atoms with Gasteiger partial charge in [-0.3, -0.25) is 4.90 Å². The molecule has 0 aromatic heterocycles. The third kappa shape index (κ3) is 3.11. The number of hydrogen-bond donors (Lipinski definition) is 1. The SMILES string of the molecule is [2H]C1([2H])NC([2H])([2H])C([2H])([2H])N(Cc2ccc(OC)c(OC)c2OC)C1([2H])[2H]. The standard InChI is InChI=1S/C14H22N2O3/c1-17-12-5-4-11(13(18-2)14(12)19-3)10-16-8-6-15-7-9-16/h4-5,15H,6-10H2,1-3H3/i6D2,7D2,8D2,9D2. The zero-order valence-corrected chi connectivity index (χ0v) is 11.0. The van der Waals surface area contributed by atoms with Crippen molar-refractivity contribution in [2.45, 2.75) is 6.54 Å². The molecule has 1 fully saturated rings. The van der Waals surface area contributed by atoms with Crippen molar-refractivity contribution in [2.24, 2.45) is 0 Å². The number of hydrogen-bond acceptors (Lipinski definition) is 5. The molecule has 0 amide bonds. The van der Waals surface area contributed by atoms with Crippen LogP contribution in [0.2, 0.25) is 0 Å². The van der Waals surface area contributed by atoms with E-state index >= 15 is 0 Å². The Hall–Kier alpha value is -1.46. The second-order valence-electron chi connectivity index (χ2n) is 3.68. The highest BCUT2D eigenvalue weighted by molar-refractivity contribution is 5.55. The van der Waals surface area contributed by atoms with Gasteiger partial charge >= 0.3 is 0 Å². The highest BCUT2D eigenvalue weighted by Crippen LogP contribution is 2.40. The van der Waals surface area contributed by atoms with Crippen LogP contribution in [0.1, 0.15) is 16.5 Å². The second kappa shape index (κ2) is 6.63. The van der Waals surface area contributed by atoms with Crippen LogP contribution in [0, 0.1) is 0 Å². The average Bonchev–Trinajstić information content (AvgIpc) is 2.55. The Morgan fingerprint density at radius 2 is 1.79 bits per heavy atom. The van der Waals surface area contributed by atoms with E-state index in [0.717, 1.165) is 0 Å². The van der Waals surface area contributed by atoms with E-state index in [2.05, 4.69) is 0 Å². The number of methoxy groups -OCH3 is 3. The van der Waals surface area contributed by atoms with Gasteiger partial charge in [0.05, 0.1) is 21.3 Å². The summed E-state index contributed by atoms with van der Waals surface area (Å²) in [6.45, 7) is -11.9. The summed E-state index contributed by atoms with van der Waals surface area (Å²) in [5.74, 6) is 0.706. The fourth-order valence-corrected chi connectivity index (χ4v) is 1.79. The Bertz CT molecular complexity index is 688. The third-order valence-electron chi connectivity index (χ3n) is 2.62. The van der Waals surface area contributed by atoms with E-state index in [9.17, 15) is 0 Å². The van der Waals surface area contributed by atoms with Crippen LogP contribution in [0.4, 0.5) is 0 Å². The first kappa shape index (κ1) is 6.81. The predicted molar refractivity (Wildman–Crippen MR) is 74.2 cm³/mol. The molecule has 1 N–H and O–H groups in total. The number of nitrogens with zero attached hydrogens (tertiary/aromatic N) is 1. The largest absolute Gasteiger partial charge is 0.493 e. The van der Waals surface area contributed by atoms with Gasteiger partial charge in [-0.05, 0) is 6.07 Å². The maximum absolute atomic E-state index is 8.12. The van der Waals surface area contributed by atoms with Crippen molar-refractivity contribution in [2.75, 3.05) is 47.3 Å². The van der Waals surface area contributed by atoms with Gasteiger partial charge in [0.25, 0.3) is 0 Å². The molecule has 5 heteroatoms. The van der Waals surface area contributed by atoms with E-state index in [-0.39, 0.29) is 17.1 Å². The molecule has 2 rings (SSSR count). The molecular formula is C14H22N2O3. The molecular weight excluding hydrogens is 244 g/mol. The van der Waals surface area contributed by atoms with Crippen LogP contribution in [0.3, 0.4) is 0 Å². The second-order valence-corrected chi connectivity index (χ2v) is 3.68. The molecule has 1 aliphatic rings. The molecule has 0 atom stereocenters. The molecule has 5 nitrogen and oxygen atoms in total. The van der Waals surface area contributed by atoms with E-state index < -0.39 is 32.5 Å². The average molecular weight is 274 g/mol. The van der Waals surface area contributed by atoms with Gasteiger partial charge in [-0.2, -0.15) is 0 Å². The van der Waals surface area contributed by atoms with Crippen LogP contribution in [-0.4, -0.2) is 52.2 Å². The Morgan fingerprint density at radius 3 is 2.37 bits per heavy atom. The van der Waals surface area contributed by atoms with E-state index in [1.807, 2.05) is 0 Å². The third-order valence-corrected chi connectivity index (χ3v) is 2.62. The van der Waals surface area contributed by atoms with Crippen molar-refractivity contribution < 1.29 is 25.2 Å². The Labute approximate surface area is 125 Å². The molecule has 19 heavy (non-hydrogen) atoms. The van der Waals surface area contributed by atoms with Crippen LogP contribution < -0.4 is 19.5 Å². The molecule has 1 aliphatic heterocycles. The van der Waals surface area contributed by atoms with Crippen molar-refractivity contribution >= 4 is 0 Å². The van der Waals surface area contributed by atoms with Gasteiger partial charge in [-0.1, -0.05) is 6.07 Å². The summed E-state index contributed by atoms with van der Waals surface area (Å²) in [5, 5.41) is 1.80. The van der Waals surface area contributed by atoms with E-state index in [1.54, 1.807) is 5.32 Å². The summed E-state index contributed by atoms with van der Waals surface area (Å²) in [6, 6.07) is 3.02. The molecule has 1 aromatic carbocycles. The maximum atomic E-state index is 8.12. The fraction of sp³-hybridized carbons (Fsp3) is 0.571. The highest BCUT2D eigenvalue weighted by Gasteiger charge is 2.18. The number of rotatable bonds is 5. The maximum Gasteiger partial charge on any atom is 0.203 e. The summed E-state index contributed by atoms with van der Waals surface area (Å²) in [5.41, 5.74) is 0.274. The number of piperazine rings is 1. The zero-order valence-electron chi connectivity index (χ0n) is 19.0. The Balaban J connectivity index is 2.59. The topological polar surface area (TPSA) is 43.0 Å². The molecule has 1 aromatic rings. The lowest BCUT2D eigenvalue weighted by atomic mass is 10.1. The Kier molecular flexibility index (Phi) is 2.38. The summed E-state index contributed by atoms with van der Waals surface area (Å²) in [6.07, 6.45) is 0. The van der Waals surface area contributed by atoms with Gasteiger partial charge in [-0.25, -0.2) is 0 Å². The number of ether oxygens (including phenoxy) is 3. The quantitative estimate of drug-likeness (QED) is 0.871. The molecule has 1 saturated heterocycles. The summed E-state index contributed by atoms with van der Waals surface area (Å²) in [4.78, 5) is 0.500. The predicted octanol–water partition coefficient (Wildman–Crippen LogP) is 1.12. The van der Waals surface area contributed by atoms with Crippen molar-refractivity contribution in [1.82, 2.24) is 10.2 Å². The minimum absolute atomic E-state index is 0.156. The van der Waals surface area contributed by atoms with E-state index in [1.165, 1.54) is 33.5 Å². The molecule has 0 aliphatic carbocycles. The van der Waals surface area contributed by atoms with Crippen LogP contribution in [0.15, 0.2) is 12.1 Å². The Morgan fingerprint density at radius 1 is 1.11 bits per heavy atom. The molecule has 1 heterocycles. The smallest absolute Gasteiger partial charge is 0.203 e. The lowest BCUT2D eigenvalue weighted by Gasteiger charge is -2.28. The van der Waals surface area contributed by atoms with Gasteiger partial charge < -0.3 is 19.5 Å². The molecule has 0 bridgehead atoms. The minimum atomic E-state index is -2.87. The summed E-state index contributed by atoms with van der Waals surface area (Å²) in [7, 11) is 4.15. The normalized spacial score (nSPS) is 33.0. The summed E-state index contributed by atoms with van der Waals surface area (Å²) < 4.78 is 79.7. The minimum Gasteiger partial charge on any atom is -0.493 e. The first-order chi connectivity index (χ1) is 12.3. The first-order valence-corrected chi connectivity index (χ1v) is 5.61. The van der Waals surface area contributed by atoms with Crippen LogP contribution in [-0.2, 0) is 6.54 Å². The zero-order chi connectivity index (χ0) is 20.8.